The molecule has 2 rings (SSSR count). The van der Waals surface area contributed by atoms with Gasteiger partial charge in [-0.2, -0.15) is 23.5 Å². The zero-order valence-electron chi connectivity index (χ0n) is 9.71. The molecular formula is C12H23NS2. The Labute approximate surface area is 103 Å². The molecule has 0 aromatic carbocycles. The fourth-order valence-corrected chi connectivity index (χ4v) is 5.17. The van der Waals surface area contributed by atoms with Crippen LogP contribution in [0.15, 0.2) is 0 Å². The predicted molar refractivity (Wildman–Crippen MR) is 73.0 cm³/mol. The zero-order valence-corrected chi connectivity index (χ0v) is 11.3. The van der Waals surface area contributed by atoms with Crippen molar-refractivity contribution in [2.75, 3.05) is 23.8 Å². The van der Waals surface area contributed by atoms with Crippen LogP contribution in [0, 0.1) is 5.92 Å². The van der Waals surface area contributed by atoms with Crippen LogP contribution in [0.1, 0.15) is 32.6 Å². The Hall–Kier alpha value is 0.660. The van der Waals surface area contributed by atoms with Gasteiger partial charge in [0.1, 0.15) is 0 Å². The van der Waals surface area contributed by atoms with Crippen LogP contribution in [0.3, 0.4) is 0 Å². The van der Waals surface area contributed by atoms with Crippen molar-refractivity contribution in [3.05, 3.63) is 0 Å². The van der Waals surface area contributed by atoms with E-state index in [1.165, 1.54) is 42.9 Å². The molecule has 2 aliphatic rings. The molecule has 2 atom stereocenters. The highest BCUT2D eigenvalue weighted by Gasteiger charge is 2.27. The summed E-state index contributed by atoms with van der Waals surface area (Å²) in [6.45, 7) is 3.38. The van der Waals surface area contributed by atoms with E-state index in [0.29, 0.717) is 0 Å². The van der Waals surface area contributed by atoms with Gasteiger partial charge in [-0.15, -0.1) is 0 Å². The lowest BCUT2D eigenvalue weighted by Crippen LogP contribution is -2.41. The summed E-state index contributed by atoms with van der Waals surface area (Å²) in [6.07, 6.45) is 5.90. The van der Waals surface area contributed by atoms with Crippen LogP contribution in [0.2, 0.25) is 0 Å². The highest BCUT2D eigenvalue weighted by Crippen LogP contribution is 2.35. The third-order valence-corrected chi connectivity index (χ3v) is 6.26. The monoisotopic (exact) mass is 245 g/mol. The zero-order chi connectivity index (χ0) is 10.5. The molecule has 1 saturated carbocycles. The first-order valence-electron chi connectivity index (χ1n) is 6.33. The molecule has 0 aromatic rings. The second-order valence-electron chi connectivity index (χ2n) is 4.67. The van der Waals surface area contributed by atoms with E-state index in [-0.39, 0.29) is 0 Å². The van der Waals surface area contributed by atoms with Crippen molar-refractivity contribution < 1.29 is 0 Å². The van der Waals surface area contributed by atoms with Crippen molar-refractivity contribution in [1.29, 1.82) is 0 Å². The lowest BCUT2D eigenvalue weighted by atomic mass is 10.1. The van der Waals surface area contributed by atoms with Gasteiger partial charge < -0.3 is 5.32 Å². The van der Waals surface area contributed by atoms with Crippen molar-refractivity contribution in [2.24, 2.45) is 5.92 Å². The summed E-state index contributed by atoms with van der Waals surface area (Å²) in [5.74, 6) is 5.18. The maximum absolute atomic E-state index is 3.70. The van der Waals surface area contributed by atoms with E-state index in [1.807, 2.05) is 0 Å². The van der Waals surface area contributed by atoms with Gasteiger partial charge in [0.15, 0.2) is 0 Å². The SMILES string of the molecule is CCNC(CCC1CC1)C1CSCCS1. The normalized spacial score (nSPS) is 29.0. The molecule has 2 fully saturated rings. The van der Waals surface area contributed by atoms with E-state index in [9.17, 15) is 0 Å². The lowest BCUT2D eigenvalue weighted by Gasteiger charge is -2.30. The molecule has 15 heavy (non-hydrogen) atoms. The van der Waals surface area contributed by atoms with E-state index in [4.69, 9.17) is 0 Å². The maximum Gasteiger partial charge on any atom is 0.0291 e. The third-order valence-electron chi connectivity index (χ3n) is 3.34. The fourth-order valence-electron chi connectivity index (χ4n) is 2.24. The lowest BCUT2D eigenvalue weighted by molar-refractivity contribution is 0.464. The molecule has 0 spiro atoms. The van der Waals surface area contributed by atoms with Crippen LogP contribution < -0.4 is 5.32 Å². The highest BCUT2D eigenvalue weighted by atomic mass is 32.2. The first-order valence-corrected chi connectivity index (χ1v) is 8.53. The number of thioether (sulfide) groups is 2. The van der Waals surface area contributed by atoms with E-state index in [1.54, 1.807) is 0 Å². The summed E-state index contributed by atoms with van der Waals surface area (Å²) in [4.78, 5) is 0. The minimum absolute atomic E-state index is 0.786. The molecule has 1 saturated heterocycles. The summed E-state index contributed by atoms with van der Waals surface area (Å²) in [5.41, 5.74) is 0. The van der Waals surface area contributed by atoms with E-state index < -0.39 is 0 Å². The van der Waals surface area contributed by atoms with Crippen LogP contribution in [-0.2, 0) is 0 Å². The van der Waals surface area contributed by atoms with Gasteiger partial charge >= 0.3 is 0 Å². The predicted octanol–water partition coefficient (Wildman–Crippen LogP) is 3.00. The van der Waals surface area contributed by atoms with Crippen LogP contribution in [-0.4, -0.2) is 35.1 Å². The molecule has 88 valence electrons. The van der Waals surface area contributed by atoms with Crippen LogP contribution in [0.5, 0.6) is 0 Å². The summed E-state index contributed by atoms with van der Waals surface area (Å²) < 4.78 is 0. The average Bonchev–Trinajstić information content (AvgIpc) is 3.09. The highest BCUT2D eigenvalue weighted by molar-refractivity contribution is 8.06. The minimum Gasteiger partial charge on any atom is -0.313 e. The van der Waals surface area contributed by atoms with Crippen molar-refractivity contribution >= 4 is 23.5 Å². The Balaban J connectivity index is 1.74. The van der Waals surface area contributed by atoms with Gasteiger partial charge in [-0.1, -0.05) is 19.8 Å². The molecule has 1 nitrogen and oxygen atoms in total. The van der Waals surface area contributed by atoms with Gasteiger partial charge in [-0.05, 0) is 25.3 Å². The smallest absolute Gasteiger partial charge is 0.0291 e. The number of rotatable bonds is 6. The molecule has 1 aliphatic heterocycles. The molecule has 3 heteroatoms. The second kappa shape index (κ2) is 6.41. The first kappa shape index (κ1) is 12.1. The third kappa shape index (κ3) is 4.20. The standard InChI is InChI=1S/C12H23NS2/c1-2-13-11(6-5-10-3-4-10)12-9-14-7-8-15-12/h10-13H,2-9H2,1H3. The Morgan fingerprint density at radius 1 is 1.33 bits per heavy atom. The summed E-state index contributed by atoms with van der Waals surface area (Å²) in [7, 11) is 0. The Kier molecular flexibility index (Phi) is 5.18. The molecule has 0 amide bonds. The number of hydrogen-bond donors (Lipinski definition) is 1. The molecule has 1 aliphatic carbocycles. The summed E-state index contributed by atoms with van der Waals surface area (Å²) in [6, 6.07) is 0.786. The van der Waals surface area contributed by atoms with Gasteiger partial charge in [0.2, 0.25) is 0 Å². The Morgan fingerprint density at radius 3 is 2.80 bits per heavy atom. The van der Waals surface area contributed by atoms with Crippen LogP contribution in [0.25, 0.3) is 0 Å². The summed E-state index contributed by atoms with van der Waals surface area (Å²) in [5, 5.41) is 4.58. The average molecular weight is 245 g/mol. The fraction of sp³-hybridized carbons (Fsp3) is 1.00. The topological polar surface area (TPSA) is 12.0 Å². The molecule has 0 radical (unpaired) electrons. The van der Waals surface area contributed by atoms with Crippen LogP contribution in [0.4, 0.5) is 0 Å². The second-order valence-corrected chi connectivity index (χ2v) is 7.17. The Bertz CT molecular complexity index is 176. The Morgan fingerprint density at radius 2 is 2.20 bits per heavy atom. The van der Waals surface area contributed by atoms with Crippen molar-refractivity contribution in [1.82, 2.24) is 5.32 Å². The van der Waals surface area contributed by atoms with E-state index in [2.05, 4.69) is 35.8 Å². The first-order chi connectivity index (χ1) is 7.40. The van der Waals surface area contributed by atoms with Crippen LogP contribution >= 0.6 is 23.5 Å². The van der Waals surface area contributed by atoms with Gasteiger partial charge in [0.25, 0.3) is 0 Å². The maximum atomic E-state index is 3.70. The largest absolute Gasteiger partial charge is 0.313 e. The molecule has 0 bridgehead atoms. The quantitative estimate of drug-likeness (QED) is 0.772. The van der Waals surface area contributed by atoms with Crippen molar-refractivity contribution in [3.63, 3.8) is 0 Å². The summed E-state index contributed by atoms with van der Waals surface area (Å²) >= 11 is 4.35. The van der Waals surface area contributed by atoms with Gasteiger partial charge in [0, 0.05) is 28.6 Å². The van der Waals surface area contributed by atoms with Gasteiger partial charge in [-0.25, -0.2) is 0 Å². The number of nitrogens with one attached hydrogen (secondary N) is 1. The van der Waals surface area contributed by atoms with E-state index >= 15 is 0 Å². The molecule has 0 aromatic heterocycles. The van der Waals surface area contributed by atoms with E-state index in [0.717, 1.165) is 23.8 Å². The molecule has 1 N–H and O–H groups in total. The van der Waals surface area contributed by atoms with Crippen molar-refractivity contribution in [3.8, 4) is 0 Å². The van der Waals surface area contributed by atoms with Crippen molar-refractivity contribution in [2.45, 2.75) is 43.9 Å². The number of hydrogen-bond acceptors (Lipinski definition) is 3. The molecule has 1 heterocycles. The molecule has 2 unspecified atom stereocenters. The minimum atomic E-state index is 0.786. The molecular weight excluding hydrogens is 222 g/mol. The van der Waals surface area contributed by atoms with Gasteiger partial charge in [0.05, 0.1) is 0 Å². The van der Waals surface area contributed by atoms with Gasteiger partial charge in [-0.3, -0.25) is 0 Å².